The summed E-state index contributed by atoms with van der Waals surface area (Å²) in [5.74, 6) is -0.0952. The van der Waals surface area contributed by atoms with Crippen LogP contribution in [0.15, 0.2) is 22.7 Å². The first-order valence-electron chi connectivity index (χ1n) is 7.08. The fraction of sp³-hybridized carbons (Fsp3) is 0.600. The Kier molecular flexibility index (Phi) is 3.92. The zero-order chi connectivity index (χ0) is 13.3. The zero-order valence-corrected chi connectivity index (χ0v) is 12.7. The van der Waals surface area contributed by atoms with E-state index >= 15 is 0 Å². The summed E-state index contributed by atoms with van der Waals surface area (Å²) >= 11 is 3.42. The van der Waals surface area contributed by atoms with Crippen molar-refractivity contribution in [1.29, 1.82) is 0 Å². The maximum atomic E-state index is 13.8. The molecule has 1 aliphatic carbocycles. The van der Waals surface area contributed by atoms with Crippen LogP contribution in [0.1, 0.15) is 31.2 Å². The van der Waals surface area contributed by atoms with E-state index in [-0.39, 0.29) is 5.82 Å². The quantitative estimate of drug-likeness (QED) is 0.897. The summed E-state index contributed by atoms with van der Waals surface area (Å²) < 4.78 is 14.8. The smallest absolute Gasteiger partial charge is 0.127 e. The molecule has 3 rings (SSSR count). The lowest BCUT2D eigenvalue weighted by molar-refractivity contribution is 0.127. The number of nitrogens with zero attached hydrogens (tertiary/aromatic N) is 1. The number of hydrogen-bond acceptors (Lipinski definition) is 2. The van der Waals surface area contributed by atoms with Crippen LogP contribution in [-0.4, -0.2) is 30.1 Å². The lowest BCUT2D eigenvalue weighted by Gasteiger charge is -2.41. The van der Waals surface area contributed by atoms with Gasteiger partial charge in [0.15, 0.2) is 0 Å². The van der Waals surface area contributed by atoms with Gasteiger partial charge in [-0.1, -0.05) is 28.8 Å². The second kappa shape index (κ2) is 5.51. The van der Waals surface area contributed by atoms with Crippen molar-refractivity contribution < 1.29 is 4.39 Å². The molecule has 2 fully saturated rings. The van der Waals surface area contributed by atoms with Gasteiger partial charge in [0.2, 0.25) is 0 Å². The molecule has 2 nitrogen and oxygen atoms in total. The lowest BCUT2D eigenvalue weighted by Crippen LogP contribution is -2.58. The molecular formula is C15H20BrFN2. The van der Waals surface area contributed by atoms with E-state index < -0.39 is 0 Å². The molecule has 0 atom stereocenters. The summed E-state index contributed by atoms with van der Waals surface area (Å²) in [7, 11) is 0. The van der Waals surface area contributed by atoms with Crippen molar-refractivity contribution in [3.63, 3.8) is 0 Å². The molecule has 1 N–H and O–H groups in total. The third-order valence-corrected chi connectivity index (χ3v) is 4.91. The first kappa shape index (κ1) is 13.5. The van der Waals surface area contributed by atoms with Crippen LogP contribution in [0.2, 0.25) is 0 Å². The van der Waals surface area contributed by atoms with E-state index in [0.717, 1.165) is 29.7 Å². The number of rotatable bonds is 2. The van der Waals surface area contributed by atoms with Gasteiger partial charge in [0.05, 0.1) is 0 Å². The van der Waals surface area contributed by atoms with Crippen molar-refractivity contribution in [3.05, 3.63) is 34.1 Å². The Hall–Kier alpha value is -0.450. The molecule has 1 spiro atoms. The van der Waals surface area contributed by atoms with Crippen LogP contribution < -0.4 is 5.32 Å². The van der Waals surface area contributed by atoms with E-state index in [1.54, 1.807) is 12.1 Å². The first-order valence-corrected chi connectivity index (χ1v) is 7.88. The van der Waals surface area contributed by atoms with Gasteiger partial charge in [0.25, 0.3) is 0 Å². The molecule has 1 aromatic rings. The molecule has 1 saturated heterocycles. The van der Waals surface area contributed by atoms with E-state index in [4.69, 9.17) is 0 Å². The standard InChI is InChI=1S/C15H20BrFN2/c16-13-3-4-14(17)12(9-13)10-19-8-7-18-15(11-19)5-1-2-6-15/h3-4,9,18H,1-2,5-8,10-11H2. The summed E-state index contributed by atoms with van der Waals surface area (Å²) in [5, 5.41) is 3.69. The van der Waals surface area contributed by atoms with Crippen LogP contribution in [0.5, 0.6) is 0 Å². The molecule has 4 heteroatoms. The average Bonchev–Trinajstić information content (AvgIpc) is 2.82. The predicted molar refractivity (Wildman–Crippen MR) is 78.6 cm³/mol. The number of piperazine rings is 1. The van der Waals surface area contributed by atoms with Gasteiger partial charge in [-0.15, -0.1) is 0 Å². The van der Waals surface area contributed by atoms with Crippen LogP contribution >= 0.6 is 15.9 Å². The SMILES string of the molecule is Fc1ccc(Br)cc1CN1CCNC2(CCCC2)C1. The number of benzene rings is 1. The van der Waals surface area contributed by atoms with Crippen molar-refractivity contribution in [2.24, 2.45) is 0 Å². The topological polar surface area (TPSA) is 15.3 Å². The van der Waals surface area contributed by atoms with Gasteiger partial charge in [-0.25, -0.2) is 4.39 Å². The highest BCUT2D eigenvalue weighted by molar-refractivity contribution is 9.10. The Morgan fingerprint density at radius 1 is 1.32 bits per heavy atom. The number of nitrogens with one attached hydrogen (secondary N) is 1. The Balaban J connectivity index is 1.70. The van der Waals surface area contributed by atoms with E-state index in [2.05, 4.69) is 26.1 Å². The van der Waals surface area contributed by atoms with Gasteiger partial charge < -0.3 is 5.32 Å². The van der Waals surface area contributed by atoms with E-state index in [9.17, 15) is 4.39 Å². The molecule has 1 heterocycles. The monoisotopic (exact) mass is 326 g/mol. The van der Waals surface area contributed by atoms with Crippen molar-refractivity contribution in [2.45, 2.75) is 37.8 Å². The summed E-state index contributed by atoms with van der Waals surface area (Å²) in [4.78, 5) is 2.40. The molecule has 2 aliphatic rings. The van der Waals surface area contributed by atoms with Crippen molar-refractivity contribution >= 4 is 15.9 Å². The predicted octanol–water partition coefficient (Wildman–Crippen LogP) is 3.31. The third kappa shape index (κ3) is 3.01. The van der Waals surface area contributed by atoms with Gasteiger partial charge in [0.1, 0.15) is 5.82 Å². The lowest BCUT2D eigenvalue weighted by atomic mass is 9.94. The van der Waals surface area contributed by atoms with Crippen LogP contribution in [-0.2, 0) is 6.54 Å². The van der Waals surface area contributed by atoms with Crippen molar-refractivity contribution in [1.82, 2.24) is 10.2 Å². The summed E-state index contributed by atoms with van der Waals surface area (Å²) in [5.41, 5.74) is 1.10. The maximum absolute atomic E-state index is 13.8. The number of halogens is 2. The molecule has 0 radical (unpaired) electrons. The van der Waals surface area contributed by atoms with Gasteiger partial charge >= 0.3 is 0 Å². The average molecular weight is 327 g/mol. The van der Waals surface area contributed by atoms with Crippen LogP contribution in [0.4, 0.5) is 4.39 Å². The Bertz CT molecular complexity index is 457. The molecule has 1 aliphatic heterocycles. The molecular weight excluding hydrogens is 307 g/mol. The minimum Gasteiger partial charge on any atom is -0.309 e. The summed E-state index contributed by atoms with van der Waals surface area (Å²) in [6.07, 6.45) is 5.19. The molecule has 0 amide bonds. The fourth-order valence-corrected chi connectivity index (χ4v) is 3.88. The van der Waals surface area contributed by atoms with Crippen LogP contribution in [0, 0.1) is 5.82 Å². The minimum atomic E-state index is -0.0952. The van der Waals surface area contributed by atoms with Crippen molar-refractivity contribution in [3.8, 4) is 0 Å². The van der Waals surface area contributed by atoms with Gasteiger partial charge in [-0.3, -0.25) is 4.90 Å². The van der Waals surface area contributed by atoms with E-state index in [1.165, 1.54) is 25.7 Å². The number of hydrogen-bond donors (Lipinski definition) is 1. The Morgan fingerprint density at radius 3 is 2.89 bits per heavy atom. The summed E-state index contributed by atoms with van der Waals surface area (Å²) in [6, 6.07) is 5.21. The second-order valence-electron chi connectivity index (χ2n) is 5.86. The maximum Gasteiger partial charge on any atom is 0.127 e. The van der Waals surface area contributed by atoms with E-state index in [1.807, 2.05) is 6.07 Å². The first-order chi connectivity index (χ1) is 9.17. The molecule has 0 unspecified atom stereocenters. The molecule has 1 saturated carbocycles. The van der Waals surface area contributed by atoms with Crippen LogP contribution in [0.25, 0.3) is 0 Å². The Labute approximate surface area is 122 Å². The highest BCUT2D eigenvalue weighted by Gasteiger charge is 2.37. The van der Waals surface area contributed by atoms with Gasteiger partial charge in [-0.05, 0) is 31.0 Å². The molecule has 0 aromatic heterocycles. The largest absolute Gasteiger partial charge is 0.309 e. The minimum absolute atomic E-state index is 0.0952. The third-order valence-electron chi connectivity index (χ3n) is 4.42. The molecule has 1 aromatic carbocycles. The van der Waals surface area contributed by atoms with Crippen LogP contribution in [0.3, 0.4) is 0 Å². The summed E-state index contributed by atoms with van der Waals surface area (Å²) in [6.45, 7) is 3.80. The van der Waals surface area contributed by atoms with E-state index in [0.29, 0.717) is 12.1 Å². The zero-order valence-electron chi connectivity index (χ0n) is 11.1. The Morgan fingerprint density at radius 2 is 2.11 bits per heavy atom. The van der Waals surface area contributed by atoms with Crippen molar-refractivity contribution in [2.75, 3.05) is 19.6 Å². The highest BCUT2D eigenvalue weighted by atomic mass is 79.9. The molecule has 19 heavy (non-hydrogen) atoms. The second-order valence-corrected chi connectivity index (χ2v) is 6.78. The highest BCUT2D eigenvalue weighted by Crippen LogP contribution is 2.32. The fourth-order valence-electron chi connectivity index (χ4n) is 3.47. The normalized spacial score (nSPS) is 23.1. The van der Waals surface area contributed by atoms with Gasteiger partial charge in [-0.2, -0.15) is 0 Å². The van der Waals surface area contributed by atoms with Gasteiger partial charge in [0, 0.05) is 41.8 Å². The molecule has 104 valence electrons. The molecule has 0 bridgehead atoms.